The third-order valence-electron chi connectivity index (χ3n) is 2.51. The SMILES string of the molecule is CCOc1ccc(Cn2nnnc2CNC)cc1. The van der Waals surface area contributed by atoms with Crippen molar-refractivity contribution < 1.29 is 4.74 Å². The summed E-state index contributed by atoms with van der Waals surface area (Å²) in [6, 6.07) is 7.97. The van der Waals surface area contributed by atoms with E-state index in [4.69, 9.17) is 4.74 Å². The van der Waals surface area contributed by atoms with Crippen LogP contribution in [0.3, 0.4) is 0 Å². The first-order chi connectivity index (χ1) is 8.83. The number of tetrazole rings is 1. The summed E-state index contributed by atoms with van der Waals surface area (Å²) in [7, 11) is 1.87. The third kappa shape index (κ3) is 3.04. The summed E-state index contributed by atoms with van der Waals surface area (Å²) in [5.74, 6) is 1.71. The van der Waals surface area contributed by atoms with Gasteiger partial charge in [0.1, 0.15) is 5.75 Å². The predicted octanol–water partition coefficient (Wildman–Crippen LogP) is 0.839. The Morgan fingerprint density at radius 3 is 2.72 bits per heavy atom. The number of nitrogens with zero attached hydrogens (tertiary/aromatic N) is 4. The summed E-state index contributed by atoms with van der Waals surface area (Å²) >= 11 is 0. The van der Waals surface area contributed by atoms with Crippen molar-refractivity contribution in [2.24, 2.45) is 0 Å². The van der Waals surface area contributed by atoms with Crippen molar-refractivity contribution in [3.8, 4) is 5.75 Å². The van der Waals surface area contributed by atoms with Gasteiger partial charge in [-0.2, -0.15) is 0 Å². The van der Waals surface area contributed by atoms with E-state index in [-0.39, 0.29) is 0 Å². The van der Waals surface area contributed by atoms with Gasteiger partial charge in [-0.05, 0) is 42.1 Å². The number of hydrogen-bond acceptors (Lipinski definition) is 5. The molecule has 0 radical (unpaired) electrons. The molecular formula is C12H17N5O. The highest BCUT2D eigenvalue weighted by molar-refractivity contribution is 5.27. The molecule has 0 atom stereocenters. The van der Waals surface area contributed by atoms with Crippen LogP contribution in [0.5, 0.6) is 5.75 Å². The van der Waals surface area contributed by atoms with Crippen LogP contribution in [-0.2, 0) is 13.1 Å². The van der Waals surface area contributed by atoms with Gasteiger partial charge < -0.3 is 10.1 Å². The zero-order valence-electron chi connectivity index (χ0n) is 10.6. The largest absolute Gasteiger partial charge is 0.494 e. The minimum atomic E-state index is 0.657. The van der Waals surface area contributed by atoms with Crippen molar-refractivity contribution >= 4 is 0 Å². The predicted molar refractivity (Wildman–Crippen MR) is 67.3 cm³/mol. The molecule has 96 valence electrons. The van der Waals surface area contributed by atoms with Gasteiger partial charge in [0, 0.05) is 0 Å². The van der Waals surface area contributed by atoms with Crippen molar-refractivity contribution in [3.05, 3.63) is 35.7 Å². The molecule has 0 spiro atoms. The molecule has 0 saturated heterocycles. The number of aromatic nitrogens is 4. The van der Waals surface area contributed by atoms with Crippen LogP contribution in [-0.4, -0.2) is 33.9 Å². The van der Waals surface area contributed by atoms with Crippen LogP contribution in [0.2, 0.25) is 0 Å². The number of nitrogens with one attached hydrogen (secondary N) is 1. The van der Waals surface area contributed by atoms with Crippen LogP contribution >= 0.6 is 0 Å². The lowest BCUT2D eigenvalue weighted by atomic mass is 10.2. The highest BCUT2D eigenvalue weighted by Gasteiger charge is 2.05. The summed E-state index contributed by atoms with van der Waals surface area (Å²) < 4.78 is 7.19. The molecule has 1 heterocycles. The molecule has 2 rings (SSSR count). The maximum absolute atomic E-state index is 5.40. The lowest BCUT2D eigenvalue weighted by Gasteiger charge is -2.06. The van der Waals surface area contributed by atoms with Crippen LogP contribution in [0.25, 0.3) is 0 Å². The van der Waals surface area contributed by atoms with Gasteiger partial charge in [-0.1, -0.05) is 12.1 Å². The fraction of sp³-hybridized carbons (Fsp3) is 0.417. The second-order valence-electron chi connectivity index (χ2n) is 3.86. The average molecular weight is 247 g/mol. The Bertz CT molecular complexity index is 479. The topological polar surface area (TPSA) is 64.9 Å². The summed E-state index contributed by atoms with van der Waals surface area (Å²) in [5.41, 5.74) is 1.14. The van der Waals surface area contributed by atoms with E-state index < -0.39 is 0 Å². The summed E-state index contributed by atoms with van der Waals surface area (Å²) in [6.07, 6.45) is 0. The maximum Gasteiger partial charge on any atom is 0.165 e. The van der Waals surface area contributed by atoms with E-state index in [0.29, 0.717) is 19.7 Å². The van der Waals surface area contributed by atoms with Crippen LogP contribution in [0, 0.1) is 0 Å². The van der Waals surface area contributed by atoms with Crippen LogP contribution in [0.1, 0.15) is 18.3 Å². The minimum Gasteiger partial charge on any atom is -0.494 e. The van der Waals surface area contributed by atoms with Crippen LogP contribution in [0.15, 0.2) is 24.3 Å². The molecule has 0 unspecified atom stereocenters. The molecule has 1 N–H and O–H groups in total. The summed E-state index contributed by atoms with van der Waals surface area (Å²) in [6.45, 7) is 3.97. The molecule has 18 heavy (non-hydrogen) atoms. The van der Waals surface area contributed by atoms with Gasteiger partial charge in [0.15, 0.2) is 5.82 Å². The van der Waals surface area contributed by atoms with Crippen LogP contribution < -0.4 is 10.1 Å². The van der Waals surface area contributed by atoms with E-state index in [0.717, 1.165) is 17.1 Å². The Balaban J connectivity index is 2.06. The monoisotopic (exact) mass is 247 g/mol. The number of rotatable bonds is 6. The average Bonchev–Trinajstić information content (AvgIpc) is 2.80. The van der Waals surface area contributed by atoms with Crippen LogP contribution in [0.4, 0.5) is 0 Å². The molecule has 2 aromatic rings. The van der Waals surface area contributed by atoms with E-state index >= 15 is 0 Å². The van der Waals surface area contributed by atoms with Crippen molar-refractivity contribution in [2.45, 2.75) is 20.0 Å². The Labute approximate surface area is 106 Å². The molecule has 0 saturated carbocycles. The molecule has 0 fully saturated rings. The molecule has 1 aromatic carbocycles. The molecule has 6 nitrogen and oxygen atoms in total. The molecule has 0 bridgehead atoms. The van der Waals surface area contributed by atoms with E-state index in [1.165, 1.54) is 0 Å². The lowest BCUT2D eigenvalue weighted by Crippen LogP contribution is -2.14. The van der Waals surface area contributed by atoms with Crippen molar-refractivity contribution in [1.82, 2.24) is 25.5 Å². The quantitative estimate of drug-likeness (QED) is 0.819. The third-order valence-corrected chi connectivity index (χ3v) is 2.51. The van der Waals surface area contributed by atoms with Gasteiger partial charge in [-0.15, -0.1) is 5.10 Å². The second kappa shape index (κ2) is 6.11. The minimum absolute atomic E-state index is 0.657. The molecule has 0 amide bonds. The maximum atomic E-state index is 5.40. The first kappa shape index (κ1) is 12.5. The van der Waals surface area contributed by atoms with Gasteiger partial charge in [0.05, 0.1) is 19.7 Å². The Morgan fingerprint density at radius 2 is 2.06 bits per heavy atom. The number of hydrogen-bond donors (Lipinski definition) is 1. The molecule has 1 aromatic heterocycles. The highest BCUT2D eigenvalue weighted by atomic mass is 16.5. The molecule has 6 heteroatoms. The Kier molecular flexibility index (Phi) is 4.25. The first-order valence-corrected chi connectivity index (χ1v) is 5.95. The number of benzene rings is 1. The van der Waals surface area contributed by atoms with Gasteiger partial charge in [-0.3, -0.25) is 0 Å². The molecule has 0 aliphatic carbocycles. The zero-order valence-corrected chi connectivity index (χ0v) is 10.6. The van der Waals surface area contributed by atoms with Crippen molar-refractivity contribution in [3.63, 3.8) is 0 Å². The molecule has 0 aliphatic rings. The fourth-order valence-electron chi connectivity index (χ4n) is 1.66. The van der Waals surface area contributed by atoms with Gasteiger partial charge in [-0.25, -0.2) is 4.68 Å². The summed E-state index contributed by atoms with van der Waals surface area (Å²) in [5, 5.41) is 14.7. The fourth-order valence-corrected chi connectivity index (χ4v) is 1.66. The van der Waals surface area contributed by atoms with Gasteiger partial charge in [0.25, 0.3) is 0 Å². The van der Waals surface area contributed by atoms with E-state index in [9.17, 15) is 0 Å². The van der Waals surface area contributed by atoms with Crippen molar-refractivity contribution in [2.75, 3.05) is 13.7 Å². The Morgan fingerprint density at radius 1 is 1.28 bits per heavy atom. The highest BCUT2D eigenvalue weighted by Crippen LogP contribution is 2.13. The van der Waals surface area contributed by atoms with Crippen molar-refractivity contribution in [1.29, 1.82) is 0 Å². The molecule has 0 aliphatic heterocycles. The van der Waals surface area contributed by atoms with E-state index in [1.54, 1.807) is 4.68 Å². The Hall–Kier alpha value is -1.95. The van der Waals surface area contributed by atoms with Gasteiger partial charge in [0.2, 0.25) is 0 Å². The first-order valence-electron chi connectivity index (χ1n) is 5.95. The lowest BCUT2D eigenvalue weighted by molar-refractivity contribution is 0.340. The molecular weight excluding hydrogens is 230 g/mol. The zero-order chi connectivity index (χ0) is 12.8. The van der Waals surface area contributed by atoms with E-state index in [2.05, 4.69) is 20.8 Å². The van der Waals surface area contributed by atoms with E-state index in [1.807, 2.05) is 38.2 Å². The second-order valence-corrected chi connectivity index (χ2v) is 3.86. The van der Waals surface area contributed by atoms with Gasteiger partial charge >= 0.3 is 0 Å². The standard InChI is InChI=1S/C12H17N5O/c1-3-18-11-6-4-10(5-7-11)9-17-12(8-13-2)14-15-16-17/h4-7,13H,3,8-9H2,1-2H3. The summed E-state index contributed by atoms with van der Waals surface area (Å²) in [4.78, 5) is 0. The smallest absolute Gasteiger partial charge is 0.165 e. The number of ether oxygens (including phenoxy) is 1. The normalized spacial score (nSPS) is 10.6.